The van der Waals surface area contributed by atoms with Gasteiger partial charge in [0.25, 0.3) is 5.91 Å². The summed E-state index contributed by atoms with van der Waals surface area (Å²) < 4.78 is 27.9. The molecule has 0 aliphatic carbocycles. The topological polar surface area (TPSA) is 120 Å². The van der Waals surface area contributed by atoms with Gasteiger partial charge in [-0.2, -0.15) is 5.26 Å². The van der Waals surface area contributed by atoms with Gasteiger partial charge < -0.3 is 28.7 Å². The van der Waals surface area contributed by atoms with Gasteiger partial charge in [-0.3, -0.25) is 4.79 Å². The van der Waals surface area contributed by atoms with Crippen LogP contribution in [0, 0.1) is 18.3 Å². The molecule has 0 aliphatic rings. The van der Waals surface area contributed by atoms with Crippen LogP contribution < -0.4 is 24.3 Å². The molecule has 0 fully saturated rings. The highest BCUT2D eigenvalue weighted by Gasteiger charge is 2.13. The molecule has 0 bridgehead atoms. The van der Waals surface area contributed by atoms with E-state index in [1.54, 1.807) is 62.6 Å². The van der Waals surface area contributed by atoms with Crippen molar-refractivity contribution in [1.29, 1.82) is 5.26 Å². The molecular weight excluding hydrogens is 560 g/mol. The van der Waals surface area contributed by atoms with Crippen LogP contribution in [-0.2, 0) is 22.7 Å². The number of furan rings is 1. The molecule has 0 unspecified atom stereocenters. The van der Waals surface area contributed by atoms with Gasteiger partial charge in [0.15, 0.2) is 23.0 Å². The SMILES string of the molecule is CCOc1cc(/C=C(\C#N)C(=O)NCc2ccco2)ccc1OC(=O)/C=C/c1ccc(OCc2ccccc2C)c(OC)c1. The zero-order valence-corrected chi connectivity index (χ0v) is 24.7. The Morgan fingerprint density at radius 1 is 0.932 bits per heavy atom. The molecular formula is C35H32N2O7. The maximum absolute atomic E-state index is 12.7. The van der Waals surface area contributed by atoms with Gasteiger partial charge in [0.2, 0.25) is 0 Å². The molecule has 224 valence electrons. The molecule has 1 N–H and O–H groups in total. The van der Waals surface area contributed by atoms with Crippen LogP contribution in [0.1, 0.15) is 34.9 Å². The fourth-order valence-electron chi connectivity index (χ4n) is 4.10. The predicted molar refractivity (Wildman–Crippen MR) is 165 cm³/mol. The number of ether oxygens (including phenoxy) is 4. The summed E-state index contributed by atoms with van der Waals surface area (Å²) in [5.41, 5.74) is 3.34. The third-order valence-electron chi connectivity index (χ3n) is 6.40. The van der Waals surface area contributed by atoms with Crippen molar-refractivity contribution in [3.05, 3.63) is 119 Å². The molecule has 0 saturated carbocycles. The Labute approximate surface area is 255 Å². The second-order valence-corrected chi connectivity index (χ2v) is 9.45. The summed E-state index contributed by atoms with van der Waals surface area (Å²) in [6, 6.07) is 23.4. The van der Waals surface area contributed by atoms with Crippen LogP contribution in [0.2, 0.25) is 0 Å². The van der Waals surface area contributed by atoms with Gasteiger partial charge >= 0.3 is 5.97 Å². The van der Waals surface area contributed by atoms with E-state index in [9.17, 15) is 14.9 Å². The molecule has 1 heterocycles. The molecule has 0 radical (unpaired) electrons. The lowest BCUT2D eigenvalue weighted by Gasteiger charge is -2.12. The zero-order valence-electron chi connectivity index (χ0n) is 24.7. The first kappa shape index (κ1) is 31.2. The maximum atomic E-state index is 12.7. The number of carbonyl (C=O) groups is 2. The standard InChI is InChI=1S/C35H32N2O7/c1-4-41-33-20-26(18-28(21-36)35(39)37-22-29-10-7-17-42-29)12-15-31(33)44-34(38)16-13-25-11-14-30(32(19-25)40-3)43-23-27-9-6-5-8-24(27)2/h5-20H,4,22-23H2,1-3H3,(H,37,39)/b16-13+,28-18+. The molecule has 3 aromatic carbocycles. The number of rotatable bonds is 13. The second kappa shape index (κ2) is 15.5. The number of carbonyl (C=O) groups excluding carboxylic acids is 2. The van der Waals surface area contributed by atoms with E-state index in [0.717, 1.165) is 11.1 Å². The Balaban J connectivity index is 1.41. The van der Waals surface area contributed by atoms with Crippen LogP contribution in [0.3, 0.4) is 0 Å². The van der Waals surface area contributed by atoms with E-state index in [4.69, 9.17) is 23.4 Å². The van der Waals surface area contributed by atoms with Crippen LogP contribution in [0.25, 0.3) is 12.2 Å². The Kier molecular flexibility index (Phi) is 11.0. The smallest absolute Gasteiger partial charge is 0.336 e. The van der Waals surface area contributed by atoms with Crippen molar-refractivity contribution in [3.8, 4) is 29.1 Å². The molecule has 0 aliphatic heterocycles. The average Bonchev–Trinajstić information content (AvgIpc) is 3.56. The van der Waals surface area contributed by atoms with E-state index in [1.165, 1.54) is 18.4 Å². The summed E-state index contributed by atoms with van der Waals surface area (Å²) in [5, 5.41) is 12.2. The summed E-state index contributed by atoms with van der Waals surface area (Å²) in [5.74, 6) is 0.982. The van der Waals surface area contributed by atoms with Crippen molar-refractivity contribution in [1.82, 2.24) is 5.32 Å². The minimum atomic E-state index is -0.622. The van der Waals surface area contributed by atoms with E-state index in [1.807, 2.05) is 43.3 Å². The van der Waals surface area contributed by atoms with E-state index in [2.05, 4.69) is 5.32 Å². The van der Waals surface area contributed by atoms with E-state index in [-0.39, 0.29) is 23.6 Å². The minimum Gasteiger partial charge on any atom is -0.493 e. The average molecular weight is 593 g/mol. The van der Waals surface area contributed by atoms with Gasteiger partial charge in [-0.1, -0.05) is 36.4 Å². The maximum Gasteiger partial charge on any atom is 0.336 e. The van der Waals surface area contributed by atoms with Crippen molar-refractivity contribution < 1.29 is 33.0 Å². The van der Waals surface area contributed by atoms with E-state index < -0.39 is 11.9 Å². The first-order valence-electron chi connectivity index (χ1n) is 13.8. The number of methoxy groups -OCH3 is 1. The van der Waals surface area contributed by atoms with Gasteiger partial charge in [0.1, 0.15) is 24.0 Å². The fourth-order valence-corrected chi connectivity index (χ4v) is 4.10. The number of benzene rings is 3. The Bertz CT molecular complexity index is 1700. The largest absolute Gasteiger partial charge is 0.493 e. The number of hydrogen-bond acceptors (Lipinski definition) is 8. The Morgan fingerprint density at radius 3 is 2.43 bits per heavy atom. The van der Waals surface area contributed by atoms with Crippen LogP contribution in [0.5, 0.6) is 23.0 Å². The Morgan fingerprint density at radius 2 is 1.70 bits per heavy atom. The van der Waals surface area contributed by atoms with Gasteiger partial charge in [0.05, 0.1) is 26.5 Å². The van der Waals surface area contributed by atoms with Gasteiger partial charge in [0, 0.05) is 6.08 Å². The van der Waals surface area contributed by atoms with E-state index in [0.29, 0.717) is 41.6 Å². The van der Waals surface area contributed by atoms with Crippen molar-refractivity contribution >= 4 is 24.0 Å². The Hall–Kier alpha value is -5.75. The van der Waals surface area contributed by atoms with Crippen LogP contribution in [0.4, 0.5) is 0 Å². The van der Waals surface area contributed by atoms with E-state index >= 15 is 0 Å². The summed E-state index contributed by atoms with van der Waals surface area (Å²) >= 11 is 0. The zero-order chi connectivity index (χ0) is 31.3. The van der Waals surface area contributed by atoms with Gasteiger partial charge in [-0.15, -0.1) is 0 Å². The molecule has 1 amide bonds. The van der Waals surface area contributed by atoms with Crippen LogP contribution in [0.15, 0.2) is 95.1 Å². The van der Waals surface area contributed by atoms with Crippen LogP contribution in [-0.4, -0.2) is 25.6 Å². The normalized spacial score (nSPS) is 11.1. The highest BCUT2D eigenvalue weighted by molar-refractivity contribution is 6.01. The number of nitrogens with zero attached hydrogens (tertiary/aromatic N) is 1. The van der Waals surface area contributed by atoms with Crippen molar-refractivity contribution in [2.45, 2.75) is 27.0 Å². The van der Waals surface area contributed by atoms with Crippen molar-refractivity contribution in [2.75, 3.05) is 13.7 Å². The molecule has 0 spiro atoms. The van der Waals surface area contributed by atoms with Crippen molar-refractivity contribution in [3.63, 3.8) is 0 Å². The molecule has 4 aromatic rings. The number of nitrogens with one attached hydrogen (secondary N) is 1. The molecule has 4 rings (SSSR count). The quantitative estimate of drug-likeness (QED) is 0.0818. The lowest BCUT2D eigenvalue weighted by atomic mass is 10.1. The van der Waals surface area contributed by atoms with Gasteiger partial charge in [-0.25, -0.2) is 4.79 Å². The highest BCUT2D eigenvalue weighted by Crippen LogP contribution is 2.31. The third kappa shape index (κ3) is 8.63. The summed E-state index contributed by atoms with van der Waals surface area (Å²) in [6.45, 7) is 4.68. The van der Waals surface area contributed by atoms with Gasteiger partial charge in [-0.05, 0) is 84.7 Å². The molecule has 9 heteroatoms. The van der Waals surface area contributed by atoms with Crippen LogP contribution >= 0.6 is 0 Å². The molecule has 0 atom stereocenters. The fraction of sp³-hybridized carbons (Fsp3) is 0.171. The lowest BCUT2D eigenvalue weighted by Crippen LogP contribution is -2.23. The predicted octanol–water partition coefficient (Wildman–Crippen LogP) is 6.42. The third-order valence-corrected chi connectivity index (χ3v) is 6.40. The first-order valence-corrected chi connectivity index (χ1v) is 13.8. The summed E-state index contributed by atoms with van der Waals surface area (Å²) in [7, 11) is 1.55. The number of amides is 1. The number of esters is 1. The molecule has 1 aromatic heterocycles. The molecule has 9 nitrogen and oxygen atoms in total. The number of aryl methyl sites for hydroxylation is 1. The van der Waals surface area contributed by atoms with Crippen molar-refractivity contribution in [2.24, 2.45) is 0 Å². The monoisotopic (exact) mass is 592 g/mol. The number of hydrogen-bond donors (Lipinski definition) is 1. The lowest BCUT2D eigenvalue weighted by molar-refractivity contribution is -0.129. The first-order chi connectivity index (χ1) is 21.4. The molecule has 0 saturated heterocycles. The summed E-state index contributed by atoms with van der Waals surface area (Å²) in [6.07, 6.45) is 5.82. The molecule has 44 heavy (non-hydrogen) atoms. The highest BCUT2D eigenvalue weighted by atomic mass is 16.6. The minimum absolute atomic E-state index is 0.103. The second-order valence-electron chi connectivity index (χ2n) is 9.45. The summed E-state index contributed by atoms with van der Waals surface area (Å²) in [4.78, 5) is 25.2. The number of nitriles is 1.